The minimum atomic E-state index is -0.500. The second-order valence-electron chi connectivity index (χ2n) is 9.40. The van der Waals surface area contributed by atoms with E-state index in [9.17, 15) is 5.11 Å². The van der Waals surface area contributed by atoms with Crippen molar-refractivity contribution in [2.24, 2.45) is 17.3 Å². The first-order valence-electron chi connectivity index (χ1n) is 10.8. The molecule has 0 saturated heterocycles. The number of likely N-dealkylation sites (N-methyl/N-ethyl adjacent to an activating group) is 1. The van der Waals surface area contributed by atoms with Crippen LogP contribution in [0, 0.1) is 17.3 Å². The third-order valence-corrected chi connectivity index (χ3v) is 7.00. The summed E-state index contributed by atoms with van der Waals surface area (Å²) in [5.41, 5.74) is 3.08. The molecule has 0 radical (unpaired) electrons. The number of nitrogens with zero attached hydrogens (tertiary/aromatic N) is 1. The molecule has 0 aliphatic heterocycles. The highest BCUT2D eigenvalue weighted by molar-refractivity contribution is 5.29. The van der Waals surface area contributed by atoms with Gasteiger partial charge >= 0.3 is 0 Å². The standard InChI is InChI=1S/C24H38N2O3/c1-24(2)19-9-6-18(22(24)12-19)15-29-16-20(27)13-25-14-23(26(3)4)17-7-10-21(28-5)11-8-17/h6-8,10-11,19-20,22-23,25,27H,9,12-16H2,1-5H3/t19-,20+,22+,23-/m0/s1. The van der Waals surface area contributed by atoms with Gasteiger partial charge in [0.2, 0.25) is 0 Å². The van der Waals surface area contributed by atoms with Gasteiger partial charge in [0, 0.05) is 19.1 Å². The summed E-state index contributed by atoms with van der Waals surface area (Å²) in [4.78, 5) is 2.18. The molecule has 29 heavy (non-hydrogen) atoms. The van der Waals surface area contributed by atoms with E-state index >= 15 is 0 Å². The van der Waals surface area contributed by atoms with Crippen molar-refractivity contribution in [2.45, 2.75) is 38.8 Å². The molecule has 4 rings (SSSR count). The summed E-state index contributed by atoms with van der Waals surface area (Å²) in [5.74, 6) is 2.38. The fourth-order valence-electron chi connectivity index (χ4n) is 4.82. The molecule has 1 fully saturated rings. The maximum atomic E-state index is 10.3. The predicted octanol–water partition coefficient (Wildman–Crippen LogP) is 3.26. The van der Waals surface area contributed by atoms with E-state index in [2.05, 4.69) is 56.4 Å². The van der Waals surface area contributed by atoms with Crippen molar-refractivity contribution in [3.05, 3.63) is 41.5 Å². The Morgan fingerprint density at radius 3 is 2.52 bits per heavy atom. The number of benzene rings is 1. The number of fused-ring (bicyclic) bond motifs is 1. The van der Waals surface area contributed by atoms with Gasteiger partial charge in [-0.3, -0.25) is 0 Å². The molecular weight excluding hydrogens is 364 g/mol. The van der Waals surface area contributed by atoms with Gasteiger partial charge in [-0.25, -0.2) is 0 Å². The van der Waals surface area contributed by atoms with E-state index in [1.54, 1.807) is 7.11 Å². The van der Waals surface area contributed by atoms with Crippen LogP contribution in [0.5, 0.6) is 5.75 Å². The van der Waals surface area contributed by atoms with Crippen molar-refractivity contribution >= 4 is 0 Å². The first-order chi connectivity index (χ1) is 13.8. The molecule has 5 heteroatoms. The van der Waals surface area contributed by atoms with E-state index < -0.39 is 6.10 Å². The molecule has 1 saturated carbocycles. The molecule has 0 aromatic heterocycles. The molecule has 0 heterocycles. The van der Waals surface area contributed by atoms with Crippen LogP contribution < -0.4 is 10.1 Å². The highest BCUT2D eigenvalue weighted by Gasteiger charge is 2.50. The largest absolute Gasteiger partial charge is 0.497 e. The topological polar surface area (TPSA) is 54.0 Å². The molecule has 162 valence electrons. The fraction of sp³-hybridized carbons (Fsp3) is 0.667. The molecule has 1 aromatic carbocycles. The highest BCUT2D eigenvalue weighted by atomic mass is 16.5. The predicted molar refractivity (Wildman–Crippen MR) is 117 cm³/mol. The Morgan fingerprint density at radius 2 is 1.93 bits per heavy atom. The van der Waals surface area contributed by atoms with E-state index in [0.29, 0.717) is 31.1 Å². The summed E-state index contributed by atoms with van der Waals surface area (Å²) < 4.78 is 11.1. The van der Waals surface area contributed by atoms with Crippen molar-refractivity contribution in [1.82, 2.24) is 10.2 Å². The summed E-state index contributed by atoms with van der Waals surface area (Å²) in [7, 11) is 5.82. The number of ether oxygens (including phenoxy) is 2. The van der Waals surface area contributed by atoms with Gasteiger partial charge in [0.25, 0.3) is 0 Å². The molecule has 0 spiro atoms. The summed E-state index contributed by atoms with van der Waals surface area (Å²) in [5, 5.41) is 13.7. The first-order valence-corrected chi connectivity index (χ1v) is 10.8. The van der Waals surface area contributed by atoms with Crippen molar-refractivity contribution < 1.29 is 14.6 Å². The van der Waals surface area contributed by atoms with Gasteiger partial charge in [-0.1, -0.05) is 32.1 Å². The summed E-state index contributed by atoms with van der Waals surface area (Å²) in [6, 6.07) is 8.39. The van der Waals surface area contributed by atoms with Crippen molar-refractivity contribution in [2.75, 3.05) is 47.5 Å². The average molecular weight is 403 g/mol. The Morgan fingerprint density at radius 1 is 1.21 bits per heavy atom. The molecule has 3 aliphatic carbocycles. The second kappa shape index (κ2) is 9.61. The molecule has 3 aliphatic rings. The summed E-state index contributed by atoms with van der Waals surface area (Å²) in [6.45, 7) is 7.07. The zero-order valence-electron chi connectivity index (χ0n) is 18.6. The van der Waals surface area contributed by atoms with E-state index in [-0.39, 0.29) is 6.04 Å². The number of methoxy groups -OCH3 is 1. The molecule has 5 nitrogen and oxygen atoms in total. The quantitative estimate of drug-likeness (QED) is 0.557. The summed E-state index contributed by atoms with van der Waals surface area (Å²) >= 11 is 0. The highest BCUT2D eigenvalue weighted by Crippen LogP contribution is 2.59. The van der Waals surface area contributed by atoms with Crippen molar-refractivity contribution in [3.63, 3.8) is 0 Å². The number of allylic oxidation sites excluding steroid dienone is 1. The molecule has 0 unspecified atom stereocenters. The van der Waals surface area contributed by atoms with Gasteiger partial charge in [0.15, 0.2) is 0 Å². The van der Waals surface area contributed by atoms with Gasteiger partial charge in [0.1, 0.15) is 5.75 Å². The lowest BCUT2D eigenvalue weighted by molar-refractivity contribution is -0.0235. The van der Waals surface area contributed by atoms with Gasteiger partial charge < -0.3 is 24.8 Å². The number of nitrogens with one attached hydrogen (secondary N) is 1. The zero-order valence-corrected chi connectivity index (χ0v) is 18.6. The van der Waals surface area contributed by atoms with E-state index in [4.69, 9.17) is 9.47 Å². The Kier molecular flexibility index (Phi) is 7.38. The fourth-order valence-corrected chi connectivity index (χ4v) is 4.82. The third kappa shape index (κ3) is 5.21. The van der Waals surface area contributed by atoms with Crippen LogP contribution in [0.1, 0.15) is 38.3 Å². The Hall–Kier alpha value is -1.40. The zero-order chi connectivity index (χ0) is 21.0. The van der Waals surface area contributed by atoms with Gasteiger partial charge in [-0.05, 0) is 67.5 Å². The molecule has 4 atom stereocenters. The lowest BCUT2D eigenvalue weighted by Gasteiger charge is -2.56. The monoisotopic (exact) mass is 402 g/mol. The van der Waals surface area contributed by atoms with Crippen LogP contribution in [0.25, 0.3) is 0 Å². The maximum absolute atomic E-state index is 10.3. The first kappa shape index (κ1) is 22.3. The van der Waals surface area contributed by atoms with Gasteiger partial charge in [-0.15, -0.1) is 0 Å². The molecule has 2 N–H and O–H groups in total. The van der Waals surface area contributed by atoms with Crippen LogP contribution >= 0.6 is 0 Å². The maximum Gasteiger partial charge on any atom is 0.118 e. The van der Waals surface area contributed by atoms with E-state index in [0.717, 1.165) is 18.2 Å². The van der Waals surface area contributed by atoms with Crippen LogP contribution in [0.4, 0.5) is 0 Å². The number of aliphatic hydroxyl groups excluding tert-OH is 1. The molecule has 0 amide bonds. The van der Waals surface area contributed by atoms with Crippen molar-refractivity contribution in [3.8, 4) is 5.75 Å². The van der Waals surface area contributed by atoms with Crippen LogP contribution in [0.15, 0.2) is 35.9 Å². The summed E-state index contributed by atoms with van der Waals surface area (Å²) in [6.07, 6.45) is 4.36. The number of hydrogen-bond acceptors (Lipinski definition) is 5. The Balaban J connectivity index is 1.38. The Labute approximate surface area is 176 Å². The number of aliphatic hydroxyl groups is 1. The van der Waals surface area contributed by atoms with E-state index in [1.165, 1.54) is 24.0 Å². The third-order valence-electron chi connectivity index (χ3n) is 7.00. The van der Waals surface area contributed by atoms with Crippen LogP contribution in [0.2, 0.25) is 0 Å². The van der Waals surface area contributed by atoms with Crippen LogP contribution in [-0.2, 0) is 4.74 Å². The minimum Gasteiger partial charge on any atom is -0.497 e. The molecule has 1 aromatic rings. The van der Waals surface area contributed by atoms with Crippen LogP contribution in [0.3, 0.4) is 0 Å². The van der Waals surface area contributed by atoms with Crippen LogP contribution in [-0.4, -0.2) is 63.6 Å². The van der Waals surface area contributed by atoms with E-state index in [1.807, 2.05) is 12.1 Å². The molecule has 2 bridgehead atoms. The van der Waals surface area contributed by atoms with Gasteiger partial charge in [-0.2, -0.15) is 0 Å². The molecular formula is C24H38N2O3. The lowest BCUT2D eigenvalue weighted by Crippen LogP contribution is -2.48. The number of hydrogen-bond donors (Lipinski definition) is 2. The normalized spacial score (nSPS) is 24.6. The lowest BCUT2D eigenvalue weighted by atomic mass is 9.49. The number of rotatable bonds is 11. The SMILES string of the molecule is COc1ccc([C@H](CNC[C@@H](O)COCC2=CC[C@H]3C[C@H]2C3(C)C)N(C)C)cc1. The van der Waals surface area contributed by atoms with Gasteiger partial charge in [0.05, 0.1) is 26.4 Å². The minimum absolute atomic E-state index is 0.232. The Bertz CT molecular complexity index is 684. The second-order valence-corrected chi connectivity index (χ2v) is 9.40. The smallest absolute Gasteiger partial charge is 0.118 e. The average Bonchev–Trinajstić information content (AvgIpc) is 2.71. The van der Waals surface area contributed by atoms with Crippen molar-refractivity contribution in [1.29, 1.82) is 0 Å².